The number of ether oxygens (including phenoxy) is 1. The first kappa shape index (κ1) is 17.8. The minimum Gasteiger partial charge on any atom is -0.481 e. The minimum atomic E-state index is -0.981. The van der Waals surface area contributed by atoms with Crippen molar-refractivity contribution in [2.24, 2.45) is 0 Å². The average Bonchev–Trinajstić information content (AvgIpc) is 2.56. The maximum Gasteiger partial charge on any atom is 0.335 e. The quantitative estimate of drug-likeness (QED) is 0.839. The number of halogens is 1. The summed E-state index contributed by atoms with van der Waals surface area (Å²) in [5.41, 5.74) is 1.89. The van der Waals surface area contributed by atoms with Crippen molar-refractivity contribution in [1.82, 2.24) is 5.32 Å². The van der Waals surface area contributed by atoms with E-state index < -0.39 is 12.1 Å². The summed E-state index contributed by atoms with van der Waals surface area (Å²) < 4.78 is 5.60. The molecule has 0 saturated heterocycles. The summed E-state index contributed by atoms with van der Waals surface area (Å²) in [6.45, 7) is 3.82. The van der Waals surface area contributed by atoms with Gasteiger partial charge >= 0.3 is 5.97 Å². The second kappa shape index (κ2) is 7.84. The molecular weight excluding hydrogens is 330 g/mol. The van der Waals surface area contributed by atoms with Gasteiger partial charge in [-0.3, -0.25) is 4.79 Å². The van der Waals surface area contributed by atoms with E-state index in [9.17, 15) is 9.59 Å². The number of carboxylic acid groups (broad SMARTS) is 1. The van der Waals surface area contributed by atoms with E-state index in [0.717, 1.165) is 11.1 Å². The van der Waals surface area contributed by atoms with Crippen molar-refractivity contribution >= 4 is 23.5 Å². The van der Waals surface area contributed by atoms with Crippen LogP contribution >= 0.6 is 11.6 Å². The van der Waals surface area contributed by atoms with Crippen LogP contribution in [-0.2, 0) is 11.3 Å². The highest BCUT2D eigenvalue weighted by molar-refractivity contribution is 6.31. The Hall–Kier alpha value is -2.53. The summed E-state index contributed by atoms with van der Waals surface area (Å²) in [5.74, 6) is -0.666. The Labute approximate surface area is 145 Å². The topological polar surface area (TPSA) is 75.6 Å². The molecule has 0 radical (unpaired) electrons. The lowest BCUT2D eigenvalue weighted by Gasteiger charge is -2.15. The van der Waals surface area contributed by atoms with Gasteiger partial charge < -0.3 is 15.2 Å². The van der Waals surface area contributed by atoms with Crippen molar-refractivity contribution < 1.29 is 19.4 Å². The molecule has 1 atom stereocenters. The van der Waals surface area contributed by atoms with E-state index in [1.54, 1.807) is 37.3 Å². The number of amides is 1. The van der Waals surface area contributed by atoms with Gasteiger partial charge in [0.2, 0.25) is 0 Å². The van der Waals surface area contributed by atoms with Crippen LogP contribution in [0, 0.1) is 6.92 Å². The summed E-state index contributed by atoms with van der Waals surface area (Å²) in [5, 5.41) is 12.2. The maximum atomic E-state index is 12.1. The number of aromatic carboxylic acids is 1. The number of hydrogen-bond acceptors (Lipinski definition) is 3. The van der Waals surface area contributed by atoms with Crippen molar-refractivity contribution in [3.63, 3.8) is 0 Å². The molecule has 0 heterocycles. The zero-order valence-corrected chi connectivity index (χ0v) is 14.1. The fraction of sp³-hybridized carbons (Fsp3) is 0.222. The van der Waals surface area contributed by atoms with Crippen LogP contribution in [0.2, 0.25) is 5.02 Å². The van der Waals surface area contributed by atoms with Crippen LogP contribution in [0.5, 0.6) is 5.75 Å². The van der Waals surface area contributed by atoms with E-state index in [4.69, 9.17) is 21.4 Å². The lowest BCUT2D eigenvalue weighted by atomic mass is 10.1. The first-order valence-electron chi connectivity index (χ1n) is 7.39. The van der Waals surface area contributed by atoms with E-state index in [1.165, 1.54) is 12.1 Å². The molecule has 0 saturated carbocycles. The average molecular weight is 348 g/mol. The smallest absolute Gasteiger partial charge is 0.335 e. The van der Waals surface area contributed by atoms with E-state index in [1.807, 2.05) is 6.92 Å². The number of hydrogen-bond donors (Lipinski definition) is 2. The van der Waals surface area contributed by atoms with Crippen LogP contribution in [0.1, 0.15) is 28.4 Å². The molecule has 0 fully saturated rings. The monoisotopic (exact) mass is 347 g/mol. The van der Waals surface area contributed by atoms with Gasteiger partial charge in [0, 0.05) is 11.6 Å². The Kier molecular flexibility index (Phi) is 5.82. The predicted octanol–water partition coefficient (Wildman–Crippen LogP) is 3.43. The summed E-state index contributed by atoms with van der Waals surface area (Å²) in [7, 11) is 0. The van der Waals surface area contributed by atoms with Crippen molar-refractivity contribution in [1.29, 1.82) is 0 Å². The Morgan fingerprint density at radius 2 is 1.88 bits per heavy atom. The molecule has 2 rings (SSSR count). The molecule has 0 aliphatic carbocycles. The van der Waals surface area contributed by atoms with Crippen molar-refractivity contribution in [2.45, 2.75) is 26.5 Å². The number of aryl methyl sites for hydroxylation is 1. The Morgan fingerprint density at radius 3 is 2.46 bits per heavy atom. The number of nitrogens with one attached hydrogen (secondary N) is 1. The minimum absolute atomic E-state index is 0.208. The molecule has 0 bridgehead atoms. The van der Waals surface area contributed by atoms with Crippen LogP contribution in [0.15, 0.2) is 42.5 Å². The predicted molar refractivity (Wildman–Crippen MR) is 91.5 cm³/mol. The van der Waals surface area contributed by atoms with Crippen LogP contribution in [-0.4, -0.2) is 23.1 Å². The third-order valence-corrected chi connectivity index (χ3v) is 3.90. The maximum absolute atomic E-state index is 12.1. The zero-order valence-electron chi connectivity index (χ0n) is 13.4. The van der Waals surface area contributed by atoms with Crippen molar-refractivity contribution in [2.75, 3.05) is 0 Å². The zero-order chi connectivity index (χ0) is 17.7. The standard InChI is InChI=1S/C18H18ClNO4/c1-11-9-15(7-8-16(11)19)24-12(2)17(21)20-10-13-3-5-14(6-4-13)18(22)23/h3-9,12H,10H2,1-2H3,(H,20,21)(H,22,23). The van der Waals surface area contributed by atoms with Crippen molar-refractivity contribution in [3.8, 4) is 5.75 Å². The molecule has 2 aromatic carbocycles. The third kappa shape index (κ3) is 4.73. The van der Waals surface area contributed by atoms with E-state index in [0.29, 0.717) is 17.3 Å². The summed E-state index contributed by atoms with van der Waals surface area (Å²) in [6.07, 6.45) is -0.663. The van der Waals surface area contributed by atoms with Gasteiger partial charge in [0.1, 0.15) is 5.75 Å². The molecule has 0 spiro atoms. The number of rotatable bonds is 6. The van der Waals surface area contributed by atoms with E-state index in [2.05, 4.69) is 5.32 Å². The first-order valence-corrected chi connectivity index (χ1v) is 7.77. The fourth-order valence-corrected chi connectivity index (χ4v) is 2.16. The number of carbonyl (C=O) groups is 2. The van der Waals surface area contributed by atoms with Gasteiger partial charge in [-0.25, -0.2) is 4.79 Å². The van der Waals surface area contributed by atoms with Crippen LogP contribution in [0.4, 0.5) is 0 Å². The molecule has 0 aliphatic rings. The van der Waals surface area contributed by atoms with Gasteiger partial charge in [-0.2, -0.15) is 0 Å². The molecule has 2 N–H and O–H groups in total. The van der Waals surface area contributed by atoms with Crippen LogP contribution in [0.3, 0.4) is 0 Å². The lowest BCUT2D eigenvalue weighted by molar-refractivity contribution is -0.127. The fourth-order valence-electron chi connectivity index (χ4n) is 2.05. The van der Waals surface area contributed by atoms with Crippen LogP contribution in [0.25, 0.3) is 0 Å². The van der Waals surface area contributed by atoms with E-state index in [-0.39, 0.29) is 11.5 Å². The Bertz CT molecular complexity index is 743. The molecule has 0 aliphatic heterocycles. The van der Waals surface area contributed by atoms with Gasteiger partial charge in [0.15, 0.2) is 6.10 Å². The second-order valence-corrected chi connectivity index (χ2v) is 5.80. The van der Waals surface area contributed by atoms with E-state index >= 15 is 0 Å². The SMILES string of the molecule is Cc1cc(OC(C)C(=O)NCc2ccc(C(=O)O)cc2)ccc1Cl. The highest BCUT2D eigenvalue weighted by atomic mass is 35.5. The molecule has 5 nitrogen and oxygen atoms in total. The van der Waals surface area contributed by atoms with Crippen molar-refractivity contribution in [3.05, 3.63) is 64.2 Å². The van der Waals surface area contributed by atoms with Gasteiger partial charge in [-0.1, -0.05) is 23.7 Å². The molecular formula is C18H18ClNO4. The number of carbonyl (C=O) groups excluding carboxylic acids is 1. The molecule has 1 amide bonds. The van der Waals surface area contributed by atoms with Crippen LogP contribution < -0.4 is 10.1 Å². The molecule has 2 aromatic rings. The highest BCUT2D eigenvalue weighted by Gasteiger charge is 2.14. The molecule has 0 aromatic heterocycles. The number of carboxylic acids is 1. The van der Waals surface area contributed by atoms with Gasteiger partial charge in [-0.15, -0.1) is 0 Å². The van der Waals surface area contributed by atoms with Gasteiger partial charge in [0.25, 0.3) is 5.91 Å². The summed E-state index contributed by atoms with van der Waals surface area (Å²) in [6, 6.07) is 11.5. The largest absolute Gasteiger partial charge is 0.481 e. The molecule has 6 heteroatoms. The highest BCUT2D eigenvalue weighted by Crippen LogP contribution is 2.21. The molecule has 1 unspecified atom stereocenters. The van der Waals surface area contributed by atoms with Gasteiger partial charge in [0.05, 0.1) is 5.56 Å². The second-order valence-electron chi connectivity index (χ2n) is 5.39. The van der Waals surface area contributed by atoms with Gasteiger partial charge in [-0.05, 0) is 55.3 Å². The summed E-state index contributed by atoms with van der Waals surface area (Å²) in [4.78, 5) is 22.9. The third-order valence-electron chi connectivity index (χ3n) is 3.48. The molecule has 126 valence electrons. The first-order chi connectivity index (χ1) is 11.4. The normalized spacial score (nSPS) is 11.6. The number of benzene rings is 2. The Balaban J connectivity index is 1.89. The summed E-state index contributed by atoms with van der Waals surface area (Å²) >= 11 is 5.96. The lowest BCUT2D eigenvalue weighted by Crippen LogP contribution is -2.35. The Morgan fingerprint density at radius 1 is 1.21 bits per heavy atom. The molecule has 24 heavy (non-hydrogen) atoms.